The molecule has 0 aliphatic heterocycles. The molecule has 0 unspecified atom stereocenters. The molecule has 0 saturated heterocycles. The number of carbonyl (C=O) groups is 1. The molecular formula is C13H17N3O2. The number of nitrogens with one attached hydrogen (secondary N) is 2. The fraction of sp³-hybridized carbons (Fsp3) is 0.385. The molecule has 2 rings (SSSR count). The van der Waals surface area contributed by atoms with Crippen LogP contribution >= 0.6 is 0 Å². The summed E-state index contributed by atoms with van der Waals surface area (Å²) in [6, 6.07) is 3.99. The molecule has 5 nitrogen and oxygen atoms in total. The van der Waals surface area contributed by atoms with Crippen LogP contribution in [-0.2, 0) is 10.2 Å². The van der Waals surface area contributed by atoms with Gasteiger partial charge < -0.3 is 9.72 Å². The molecule has 0 saturated carbocycles. The third-order valence-corrected chi connectivity index (χ3v) is 2.75. The van der Waals surface area contributed by atoms with Crippen LogP contribution in [0, 0.1) is 0 Å². The Hall–Kier alpha value is -2.04. The lowest BCUT2D eigenvalue weighted by Gasteiger charge is -2.22. The average molecular weight is 247 g/mol. The van der Waals surface area contributed by atoms with Crippen LogP contribution in [0.3, 0.4) is 0 Å². The van der Waals surface area contributed by atoms with Crippen LogP contribution in [-0.4, -0.2) is 23.2 Å². The van der Waals surface area contributed by atoms with Gasteiger partial charge in [-0.2, -0.15) is 0 Å². The molecule has 0 fully saturated rings. The Morgan fingerprint density at radius 3 is 2.78 bits per heavy atom. The van der Waals surface area contributed by atoms with E-state index in [1.807, 2.05) is 18.3 Å². The predicted molar refractivity (Wildman–Crippen MR) is 70.8 cm³/mol. The Morgan fingerprint density at radius 2 is 2.17 bits per heavy atom. The van der Waals surface area contributed by atoms with Crippen molar-refractivity contribution in [2.24, 2.45) is 0 Å². The van der Waals surface area contributed by atoms with Crippen molar-refractivity contribution in [3.8, 4) is 0 Å². The van der Waals surface area contributed by atoms with Gasteiger partial charge in [0.1, 0.15) is 11.5 Å². The highest BCUT2D eigenvalue weighted by atomic mass is 16.5. The number of carbonyl (C=O) groups excluding carboxylic acids is 1. The molecular weight excluding hydrogens is 230 g/mol. The van der Waals surface area contributed by atoms with Gasteiger partial charge in [0, 0.05) is 17.1 Å². The largest absolute Gasteiger partial charge is 0.453 e. The number of hydrogen-bond acceptors (Lipinski definition) is 3. The van der Waals surface area contributed by atoms with E-state index in [2.05, 4.69) is 40.8 Å². The normalized spacial score (nSPS) is 11.6. The number of rotatable bonds is 1. The van der Waals surface area contributed by atoms with Gasteiger partial charge in [0.15, 0.2) is 0 Å². The minimum Gasteiger partial charge on any atom is -0.453 e. The lowest BCUT2D eigenvalue weighted by Crippen LogP contribution is -2.19. The Morgan fingerprint density at radius 1 is 1.44 bits per heavy atom. The Bertz CT molecular complexity index is 581. The van der Waals surface area contributed by atoms with E-state index >= 15 is 0 Å². The van der Waals surface area contributed by atoms with E-state index in [1.165, 1.54) is 7.11 Å². The van der Waals surface area contributed by atoms with Crippen molar-refractivity contribution in [1.29, 1.82) is 0 Å². The molecule has 2 N–H and O–H groups in total. The van der Waals surface area contributed by atoms with Crippen LogP contribution in [0.4, 0.5) is 10.6 Å². The molecule has 18 heavy (non-hydrogen) atoms. The van der Waals surface area contributed by atoms with Crippen LogP contribution < -0.4 is 5.32 Å². The van der Waals surface area contributed by atoms with Crippen LogP contribution in [0.15, 0.2) is 18.3 Å². The second-order valence-electron chi connectivity index (χ2n) is 5.17. The predicted octanol–water partition coefficient (Wildman–Crippen LogP) is 3.04. The standard InChI is InChI=1S/C13H17N3O2/c1-13(2,3)9-7-8-5-6-14-10(8)15-11(9)16-12(17)18-4/h5-7H,1-4H3,(H2,14,15,16,17). The first-order chi connectivity index (χ1) is 8.41. The summed E-state index contributed by atoms with van der Waals surface area (Å²) < 4.78 is 4.62. The minimum atomic E-state index is -0.515. The van der Waals surface area contributed by atoms with Crippen LogP contribution in [0.2, 0.25) is 0 Å². The Kier molecular flexibility index (Phi) is 2.98. The third-order valence-electron chi connectivity index (χ3n) is 2.75. The van der Waals surface area contributed by atoms with Crippen molar-refractivity contribution in [3.05, 3.63) is 23.9 Å². The average Bonchev–Trinajstić information content (AvgIpc) is 2.73. The fourth-order valence-electron chi connectivity index (χ4n) is 1.80. The maximum absolute atomic E-state index is 11.4. The Labute approximate surface area is 106 Å². The summed E-state index contributed by atoms with van der Waals surface area (Å²) in [5, 5.41) is 3.68. The highest BCUT2D eigenvalue weighted by Gasteiger charge is 2.21. The smallest absolute Gasteiger partial charge is 0.412 e. The topological polar surface area (TPSA) is 67.0 Å². The molecule has 0 bridgehead atoms. The summed E-state index contributed by atoms with van der Waals surface area (Å²) in [6.07, 6.45) is 1.31. The summed E-state index contributed by atoms with van der Waals surface area (Å²) in [7, 11) is 1.33. The second kappa shape index (κ2) is 4.33. The first-order valence-electron chi connectivity index (χ1n) is 5.75. The zero-order chi connectivity index (χ0) is 13.3. The van der Waals surface area contributed by atoms with Crippen LogP contribution in [0.1, 0.15) is 26.3 Å². The van der Waals surface area contributed by atoms with E-state index < -0.39 is 6.09 Å². The van der Waals surface area contributed by atoms with Gasteiger partial charge in [-0.05, 0) is 17.5 Å². The molecule has 0 radical (unpaired) electrons. The highest BCUT2D eigenvalue weighted by molar-refractivity contribution is 5.88. The van der Waals surface area contributed by atoms with Gasteiger partial charge in [0.05, 0.1) is 7.11 Å². The van der Waals surface area contributed by atoms with E-state index in [0.717, 1.165) is 16.6 Å². The SMILES string of the molecule is COC(=O)Nc1nc2[nH]ccc2cc1C(C)(C)C. The number of aromatic nitrogens is 2. The molecule has 5 heteroatoms. The monoisotopic (exact) mass is 247 g/mol. The van der Waals surface area contributed by atoms with Gasteiger partial charge in [-0.25, -0.2) is 9.78 Å². The number of hydrogen-bond donors (Lipinski definition) is 2. The summed E-state index contributed by atoms with van der Waals surface area (Å²) in [4.78, 5) is 18.8. The maximum atomic E-state index is 11.4. The lowest BCUT2D eigenvalue weighted by molar-refractivity contribution is 0.186. The maximum Gasteiger partial charge on any atom is 0.412 e. The van der Waals surface area contributed by atoms with Crippen molar-refractivity contribution < 1.29 is 9.53 Å². The van der Waals surface area contributed by atoms with Gasteiger partial charge in [0.25, 0.3) is 0 Å². The number of aromatic amines is 1. The summed E-state index contributed by atoms with van der Waals surface area (Å²) in [5.41, 5.74) is 1.60. The van der Waals surface area contributed by atoms with Crippen molar-refractivity contribution in [1.82, 2.24) is 9.97 Å². The molecule has 0 spiro atoms. The van der Waals surface area contributed by atoms with Gasteiger partial charge in [-0.1, -0.05) is 20.8 Å². The van der Waals surface area contributed by atoms with Gasteiger partial charge >= 0.3 is 6.09 Å². The molecule has 0 aliphatic carbocycles. The van der Waals surface area contributed by atoms with E-state index in [4.69, 9.17) is 0 Å². The summed E-state index contributed by atoms with van der Waals surface area (Å²) in [6.45, 7) is 6.22. The molecule has 96 valence electrons. The first kappa shape index (κ1) is 12.4. The molecule has 1 amide bonds. The zero-order valence-corrected chi connectivity index (χ0v) is 11.0. The minimum absolute atomic E-state index is 0.116. The third kappa shape index (κ3) is 2.30. The van der Waals surface area contributed by atoms with E-state index in [0.29, 0.717) is 5.82 Å². The number of ether oxygens (including phenoxy) is 1. The number of nitrogens with zero attached hydrogens (tertiary/aromatic N) is 1. The number of H-pyrrole nitrogens is 1. The first-order valence-corrected chi connectivity index (χ1v) is 5.75. The van der Waals surface area contributed by atoms with Crippen molar-refractivity contribution in [3.63, 3.8) is 0 Å². The molecule has 2 heterocycles. The van der Waals surface area contributed by atoms with Gasteiger partial charge in [0.2, 0.25) is 0 Å². The van der Waals surface area contributed by atoms with Crippen molar-refractivity contribution >= 4 is 22.9 Å². The highest BCUT2D eigenvalue weighted by Crippen LogP contribution is 2.30. The Balaban J connectivity index is 2.56. The number of pyridine rings is 1. The number of methoxy groups -OCH3 is 1. The number of fused-ring (bicyclic) bond motifs is 1. The molecule has 0 aromatic carbocycles. The van der Waals surface area contributed by atoms with Gasteiger partial charge in [-0.15, -0.1) is 0 Å². The van der Waals surface area contributed by atoms with E-state index in [-0.39, 0.29) is 5.41 Å². The van der Waals surface area contributed by atoms with Crippen molar-refractivity contribution in [2.45, 2.75) is 26.2 Å². The second-order valence-corrected chi connectivity index (χ2v) is 5.17. The van der Waals surface area contributed by atoms with E-state index in [9.17, 15) is 4.79 Å². The fourth-order valence-corrected chi connectivity index (χ4v) is 1.80. The van der Waals surface area contributed by atoms with Crippen molar-refractivity contribution in [2.75, 3.05) is 12.4 Å². The molecule has 0 aliphatic rings. The van der Waals surface area contributed by atoms with Crippen LogP contribution in [0.25, 0.3) is 11.0 Å². The molecule has 0 atom stereocenters. The molecule has 2 aromatic rings. The van der Waals surface area contributed by atoms with Gasteiger partial charge in [-0.3, -0.25) is 5.32 Å². The summed E-state index contributed by atoms with van der Waals surface area (Å²) in [5.74, 6) is 0.532. The summed E-state index contributed by atoms with van der Waals surface area (Å²) >= 11 is 0. The lowest BCUT2D eigenvalue weighted by atomic mass is 9.87. The number of amides is 1. The van der Waals surface area contributed by atoms with Crippen LogP contribution in [0.5, 0.6) is 0 Å². The van der Waals surface area contributed by atoms with E-state index in [1.54, 1.807) is 0 Å². The zero-order valence-electron chi connectivity index (χ0n) is 11.0. The number of anilines is 1. The quantitative estimate of drug-likeness (QED) is 0.813. The molecule has 2 aromatic heterocycles.